The topological polar surface area (TPSA) is 76.3 Å². The lowest BCUT2D eigenvalue weighted by Crippen LogP contribution is -2.28. The summed E-state index contributed by atoms with van der Waals surface area (Å²) in [6.45, 7) is 9.86. The molecule has 110 valence electrons. The number of thiophene rings is 1. The van der Waals surface area contributed by atoms with Gasteiger partial charge in [-0.1, -0.05) is 13.8 Å². The largest absolute Gasteiger partial charge is 0.476 e. The lowest BCUT2D eigenvalue weighted by Gasteiger charge is -2.17. The fourth-order valence-corrected chi connectivity index (χ4v) is 2.87. The zero-order valence-electron chi connectivity index (χ0n) is 12.1. The Morgan fingerprint density at radius 2 is 2.10 bits per heavy atom. The van der Waals surface area contributed by atoms with Crippen molar-refractivity contribution in [3.05, 3.63) is 10.9 Å². The lowest BCUT2D eigenvalue weighted by molar-refractivity contribution is 0.219. The standard InChI is InChI=1S/C13H21N5OS/c1-4-18(5-2)6-7-19-11-10-8-9(3)20-12(10)16-13(15-11)17-14/h8H,4-7,14H2,1-3H3,(H,15,16,17). The fourth-order valence-electron chi connectivity index (χ4n) is 2.00. The van der Waals surface area contributed by atoms with Crippen LogP contribution in [0.1, 0.15) is 18.7 Å². The molecule has 0 aromatic carbocycles. The maximum Gasteiger partial charge on any atom is 0.241 e. The zero-order valence-corrected chi connectivity index (χ0v) is 13.0. The van der Waals surface area contributed by atoms with Crippen LogP contribution in [0.5, 0.6) is 5.88 Å². The van der Waals surface area contributed by atoms with Crippen LogP contribution < -0.4 is 16.0 Å². The molecule has 0 radical (unpaired) electrons. The van der Waals surface area contributed by atoms with E-state index in [9.17, 15) is 0 Å². The van der Waals surface area contributed by atoms with E-state index in [2.05, 4.69) is 34.1 Å². The Labute approximate surface area is 122 Å². The zero-order chi connectivity index (χ0) is 14.5. The van der Waals surface area contributed by atoms with Crippen LogP contribution in [0.2, 0.25) is 0 Å². The van der Waals surface area contributed by atoms with Gasteiger partial charge in [0.15, 0.2) is 0 Å². The van der Waals surface area contributed by atoms with Crippen molar-refractivity contribution in [3.8, 4) is 5.88 Å². The summed E-state index contributed by atoms with van der Waals surface area (Å²) < 4.78 is 5.83. The predicted octanol–water partition coefficient (Wildman–Crippen LogP) is 2.01. The number of nitrogens with one attached hydrogen (secondary N) is 1. The van der Waals surface area contributed by atoms with E-state index >= 15 is 0 Å². The van der Waals surface area contributed by atoms with Crippen LogP contribution in [0.3, 0.4) is 0 Å². The van der Waals surface area contributed by atoms with Gasteiger partial charge in [0.25, 0.3) is 0 Å². The molecule has 0 aliphatic rings. The number of nitrogens with zero attached hydrogens (tertiary/aromatic N) is 3. The van der Waals surface area contributed by atoms with E-state index in [1.54, 1.807) is 11.3 Å². The highest BCUT2D eigenvalue weighted by atomic mass is 32.1. The molecule has 0 saturated heterocycles. The minimum atomic E-state index is 0.386. The van der Waals surface area contributed by atoms with Gasteiger partial charge >= 0.3 is 0 Å². The number of aromatic nitrogens is 2. The lowest BCUT2D eigenvalue weighted by atomic mass is 10.3. The molecular weight excluding hydrogens is 274 g/mol. The summed E-state index contributed by atoms with van der Waals surface area (Å²) in [5.41, 5.74) is 2.48. The van der Waals surface area contributed by atoms with Crippen molar-refractivity contribution < 1.29 is 4.74 Å². The third kappa shape index (κ3) is 3.36. The SMILES string of the molecule is CCN(CC)CCOc1nc(NN)nc2sc(C)cc12. The minimum absolute atomic E-state index is 0.386. The Bertz CT molecular complexity index is 567. The summed E-state index contributed by atoms with van der Waals surface area (Å²) in [6.07, 6.45) is 0. The van der Waals surface area contributed by atoms with Gasteiger partial charge in [-0.2, -0.15) is 4.98 Å². The average Bonchev–Trinajstić information content (AvgIpc) is 2.83. The Hall–Kier alpha value is -1.44. The number of ether oxygens (including phenoxy) is 1. The summed E-state index contributed by atoms with van der Waals surface area (Å²) in [4.78, 5) is 13.0. The van der Waals surface area contributed by atoms with Crippen molar-refractivity contribution in [2.75, 3.05) is 31.7 Å². The number of hydrogen-bond donors (Lipinski definition) is 2. The number of nitrogens with two attached hydrogens (primary N) is 1. The monoisotopic (exact) mass is 295 g/mol. The van der Waals surface area contributed by atoms with Gasteiger partial charge in [0.05, 0.1) is 5.39 Å². The number of likely N-dealkylation sites (N-methyl/N-ethyl adjacent to an activating group) is 1. The second kappa shape index (κ2) is 6.83. The summed E-state index contributed by atoms with van der Waals surface area (Å²) in [6, 6.07) is 2.05. The number of rotatable bonds is 7. The van der Waals surface area contributed by atoms with E-state index < -0.39 is 0 Å². The smallest absolute Gasteiger partial charge is 0.241 e. The van der Waals surface area contributed by atoms with E-state index in [1.807, 2.05) is 13.0 Å². The predicted molar refractivity (Wildman–Crippen MR) is 83.2 cm³/mol. The molecule has 2 aromatic rings. The first kappa shape index (κ1) is 15.0. The van der Waals surface area contributed by atoms with Crippen molar-refractivity contribution >= 4 is 27.5 Å². The molecule has 0 unspecified atom stereocenters. The van der Waals surface area contributed by atoms with Crippen molar-refractivity contribution in [2.45, 2.75) is 20.8 Å². The first-order chi connectivity index (χ1) is 9.67. The van der Waals surface area contributed by atoms with Crippen molar-refractivity contribution in [2.24, 2.45) is 5.84 Å². The highest BCUT2D eigenvalue weighted by Gasteiger charge is 2.11. The van der Waals surface area contributed by atoms with Crippen LogP contribution in [0, 0.1) is 6.92 Å². The van der Waals surface area contributed by atoms with Crippen LogP contribution in [0.4, 0.5) is 5.95 Å². The highest BCUT2D eigenvalue weighted by molar-refractivity contribution is 7.18. The maximum absolute atomic E-state index is 5.83. The van der Waals surface area contributed by atoms with Crippen LogP contribution in [-0.4, -0.2) is 41.1 Å². The Kier molecular flexibility index (Phi) is 5.11. The Morgan fingerprint density at radius 1 is 1.35 bits per heavy atom. The van der Waals surface area contributed by atoms with Gasteiger partial charge in [0, 0.05) is 11.4 Å². The number of aryl methyl sites for hydroxylation is 1. The second-order valence-electron chi connectivity index (χ2n) is 4.45. The summed E-state index contributed by atoms with van der Waals surface area (Å²) in [5, 5.41) is 0.950. The van der Waals surface area contributed by atoms with Gasteiger partial charge in [-0.15, -0.1) is 11.3 Å². The first-order valence-electron chi connectivity index (χ1n) is 6.77. The molecule has 6 nitrogen and oxygen atoms in total. The molecule has 20 heavy (non-hydrogen) atoms. The highest BCUT2D eigenvalue weighted by Crippen LogP contribution is 2.30. The summed E-state index contributed by atoms with van der Waals surface area (Å²) >= 11 is 1.61. The molecule has 3 N–H and O–H groups in total. The van der Waals surface area contributed by atoms with Gasteiger partial charge in [0.1, 0.15) is 11.4 Å². The Morgan fingerprint density at radius 3 is 2.75 bits per heavy atom. The maximum atomic E-state index is 5.83. The van der Waals surface area contributed by atoms with Crippen molar-refractivity contribution in [1.29, 1.82) is 0 Å². The summed E-state index contributed by atoms with van der Waals surface area (Å²) in [5.74, 6) is 6.39. The van der Waals surface area contributed by atoms with E-state index in [0.717, 1.165) is 29.9 Å². The molecule has 2 heterocycles. The third-order valence-electron chi connectivity index (χ3n) is 3.15. The first-order valence-corrected chi connectivity index (χ1v) is 7.59. The fraction of sp³-hybridized carbons (Fsp3) is 0.538. The van der Waals surface area contributed by atoms with E-state index in [1.165, 1.54) is 4.88 Å². The number of hydrazine groups is 1. The minimum Gasteiger partial charge on any atom is -0.476 e. The normalized spacial score (nSPS) is 11.2. The van der Waals surface area contributed by atoms with Gasteiger partial charge in [0.2, 0.25) is 11.8 Å². The van der Waals surface area contributed by atoms with Crippen molar-refractivity contribution in [3.63, 3.8) is 0 Å². The molecule has 2 aromatic heterocycles. The number of anilines is 1. The van der Waals surface area contributed by atoms with E-state index in [4.69, 9.17) is 10.6 Å². The van der Waals surface area contributed by atoms with Crippen molar-refractivity contribution in [1.82, 2.24) is 14.9 Å². The number of fused-ring (bicyclic) bond motifs is 1. The molecule has 0 atom stereocenters. The van der Waals surface area contributed by atoms with Gasteiger partial charge in [-0.05, 0) is 26.1 Å². The van der Waals surface area contributed by atoms with E-state index in [0.29, 0.717) is 18.4 Å². The van der Waals surface area contributed by atoms with Crippen LogP contribution in [0.15, 0.2) is 6.07 Å². The molecule has 0 fully saturated rings. The molecule has 0 bridgehead atoms. The molecule has 0 saturated carbocycles. The number of nitrogen functional groups attached to an aromatic ring is 1. The molecule has 0 amide bonds. The van der Waals surface area contributed by atoms with Crippen LogP contribution >= 0.6 is 11.3 Å². The molecule has 0 aliphatic heterocycles. The van der Waals surface area contributed by atoms with Crippen LogP contribution in [-0.2, 0) is 0 Å². The van der Waals surface area contributed by atoms with E-state index in [-0.39, 0.29) is 0 Å². The average molecular weight is 295 g/mol. The van der Waals surface area contributed by atoms with Gasteiger partial charge in [-0.3, -0.25) is 5.43 Å². The van der Waals surface area contributed by atoms with Crippen LogP contribution in [0.25, 0.3) is 10.2 Å². The van der Waals surface area contributed by atoms with Gasteiger partial charge < -0.3 is 9.64 Å². The van der Waals surface area contributed by atoms with Gasteiger partial charge in [-0.25, -0.2) is 10.8 Å². The quantitative estimate of drug-likeness (QED) is 0.601. The summed E-state index contributed by atoms with van der Waals surface area (Å²) in [7, 11) is 0. The second-order valence-corrected chi connectivity index (χ2v) is 5.68. The molecular formula is C13H21N5OS. The molecule has 2 rings (SSSR count). The molecule has 7 heteroatoms. The Balaban J connectivity index is 2.15. The third-order valence-corrected chi connectivity index (χ3v) is 4.10. The number of hydrogen-bond acceptors (Lipinski definition) is 7. The molecule has 0 aliphatic carbocycles. The molecule has 0 spiro atoms.